The molecule has 0 aliphatic rings. The number of nitrogens with zero attached hydrogens (tertiary/aromatic N) is 1. The Kier molecular flexibility index (Phi) is 23.6. The van der Waals surface area contributed by atoms with Gasteiger partial charge in [-0.05, 0) is 120 Å². The van der Waals surface area contributed by atoms with E-state index in [0.717, 1.165) is 37.1 Å². The molecule has 27 heteroatoms. The van der Waals surface area contributed by atoms with Crippen LogP contribution in [0.5, 0.6) is 0 Å². The fourth-order valence-electron chi connectivity index (χ4n) is 13.1. The number of hydrogen-bond donors (Lipinski definition) is 0. The Hall–Kier alpha value is -9.56. The normalized spacial score (nSPS) is 12.7. The molecule has 0 fully saturated rings. The van der Waals surface area contributed by atoms with E-state index in [0.29, 0.717) is 0 Å². The summed E-state index contributed by atoms with van der Waals surface area (Å²) in [5.41, 5.74) is -9.40. The number of nitrogens with one attached hydrogen (secondary N) is 1. The van der Waals surface area contributed by atoms with Crippen LogP contribution >= 0.6 is 0 Å². The Morgan fingerprint density at radius 3 is 0.610 bits per heavy atom. The molecular formula is C78H63BF24N2. The summed E-state index contributed by atoms with van der Waals surface area (Å²) >= 11 is 0. The molecule has 0 radical (unpaired) electrons. The van der Waals surface area contributed by atoms with Crippen molar-refractivity contribution in [3.8, 4) is 0 Å². The Balaban J connectivity index is 0.000000235. The van der Waals surface area contributed by atoms with Crippen molar-refractivity contribution in [2.45, 2.75) is 130 Å². The zero-order valence-corrected chi connectivity index (χ0v) is 56.7. The molecule has 0 atom stereocenters. The largest absolute Gasteiger partial charge is 0.416 e. The van der Waals surface area contributed by atoms with Crippen LogP contribution in [-0.4, -0.2) is 11.1 Å². The lowest BCUT2D eigenvalue weighted by molar-refractivity contribution is -0.400. The molecule has 0 unspecified atom stereocenters. The molecular weight excluding hydrogens is 1430 g/mol. The molecule has 1 N–H and O–H groups in total. The maximum atomic E-state index is 14.2. The van der Waals surface area contributed by atoms with Gasteiger partial charge in [-0.25, -0.2) is 4.98 Å². The van der Waals surface area contributed by atoms with Crippen molar-refractivity contribution in [1.29, 1.82) is 0 Å². The number of pyridine rings is 2. The monoisotopic (exact) mass is 1490 g/mol. The van der Waals surface area contributed by atoms with Gasteiger partial charge in [-0.3, -0.25) is 4.98 Å². The zero-order chi connectivity index (χ0) is 78.1. The van der Waals surface area contributed by atoms with Crippen molar-refractivity contribution in [1.82, 2.24) is 4.98 Å². The summed E-state index contributed by atoms with van der Waals surface area (Å²) in [5.74, 6) is 0. The third-order valence-corrected chi connectivity index (χ3v) is 16.9. The Bertz CT molecular complexity index is 3980. The van der Waals surface area contributed by atoms with Gasteiger partial charge >= 0.3 is 49.4 Å². The highest BCUT2D eigenvalue weighted by Crippen LogP contribution is 2.42. The average Bonchev–Trinajstić information content (AvgIpc) is 0.707. The molecule has 0 saturated carbocycles. The summed E-state index contributed by atoms with van der Waals surface area (Å²) in [7, 11) is 0. The van der Waals surface area contributed by atoms with Crippen molar-refractivity contribution in [3.05, 3.63) is 316 Å². The molecule has 2 nitrogen and oxygen atoms in total. The predicted molar refractivity (Wildman–Crippen MR) is 352 cm³/mol. The fraction of sp³-hybridized carbons (Fsp3) is 0.256. The molecule has 8 aromatic carbocycles. The Morgan fingerprint density at radius 1 is 0.238 bits per heavy atom. The van der Waals surface area contributed by atoms with Crippen LogP contribution < -0.4 is 26.8 Å². The Morgan fingerprint density at radius 2 is 0.419 bits per heavy atom. The van der Waals surface area contributed by atoms with E-state index in [1.807, 2.05) is 0 Å². The van der Waals surface area contributed by atoms with Crippen LogP contribution in [0, 0.1) is 55.4 Å². The van der Waals surface area contributed by atoms with Gasteiger partial charge in [-0.1, -0.05) is 172 Å². The van der Waals surface area contributed by atoms with E-state index >= 15 is 0 Å². The number of halogens is 24. The molecule has 2 heterocycles. The van der Waals surface area contributed by atoms with Crippen LogP contribution in [0.3, 0.4) is 0 Å². The van der Waals surface area contributed by atoms with Crippen LogP contribution in [0.4, 0.5) is 105 Å². The summed E-state index contributed by atoms with van der Waals surface area (Å²) in [6, 6.07) is 31.1. The van der Waals surface area contributed by atoms with Gasteiger partial charge in [0.05, 0.1) is 57.3 Å². The van der Waals surface area contributed by atoms with E-state index in [9.17, 15) is 105 Å². The fourth-order valence-corrected chi connectivity index (χ4v) is 13.1. The zero-order valence-electron chi connectivity index (χ0n) is 56.7. The van der Waals surface area contributed by atoms with Crippen molar-refractivity contribution >= 4 is 28.0 Å². The smallest absolute Gasteiger partial charge is 0.257 e. The summed E-state index contributed by atoms with van der Waals surface area (Å²) in [6.45, 7) is 17.3. The second kappa shape index (κ2) is 30.5. The number of hydrogen-bond acceptors (Lipinski definition) is 1. The molecule has 0 amide bonds. The van der Waals surface area contributed by atoms with Crippen molar-refractivity contribution in [2.24, 2.45) is 0 Å². The molecule has 10 rings (SSSR count). The molecule has 0 spiro atoms. The van der Waals surface area contributed by atoms with E-state index in [1.54, 1.807) is 0 Å². The molecule has 2 aromatic heterocycles. The lowest BCUT2D eigenvalue weighted by Crippen LogP contribution is -2.75. The SMILES string of the molecule is Cc1cc(C)cc(Cc2cccc(Cc3cc(C)cc(C)c3)[nH+]2)c1.Cc1cc(C)cc(Cc2cccc(Cc3cc(C)cc(C)c3)n2)c1.FC(F)(F)c1cc([B-](c2cc(C(F)(F)F)cc(C(F)(F)F)c2)(c2cc(C(F)(F)F)cc(C(F)(F)F)c2)c2cc(C(F)(F)F)cc(C(F)(F)F)c2)cc(C(F)(F)F)c1. The summed E-state index contributed by atoms with van der Waals surface area (Å²) in [4.78, 5) is 8.50. The first-order chi connectivity index (χ1) is 48.2. The minimum Gasteiger partial charge on any atom is -0.257 e. The molecule has 0 saturated heterocycles. The third kappa shape index (κ3) is 21.3. The van der Waals surface area contributed by atoms with E-state index in [2.05, 4.69) is 170 Å². The van der Waals surface area contributed by atoms with Crippen LogP contribution in [0.15, 0.2) is 182 Å². The number of aromatic nitrogens is 2. The first-order valence-corrected chi connectivity index (χ1v) is 31.8. The highest BCUT2D eigenvalue weighted by atomic mass is 19.4. The van der Waals surface area contributed by atoms with Crippen molar-refractivity contribution in [3.63, 3.8) is 0 Å². The number of alkyl halides is 24. The van der Waals surface area contributed by atoms with Crippen LogP contribution in [-0.2, 0) is 75.1 Å². The lowest BCUT2D eigenvalue weighted by Gasteiger charge is -2.46. The van der Waals surface area contributed by atoms with Gasteiger partial charge in [-0.15, -0.1) is 0 Å². The number of benzene rings is 8. The minimum atomic E-state index is -6.13. The predicted octanol–water partition coefficient (Wildman–Crippen LogP) is 21.6. The molecule has 105 heavy (non-hydrogen) atoms. The third-order valence-electron chi connectivity index (χ3n) is 16.9. The van der Waals surface area contributed by atoms with Crippen LogP contribution in [0.2, 0.25) is 0 Å². The summed E-state index contributed by atoms with van der Waals surface area (Å²) in [5, 5.41) is 0. The average molecular weight is 1500 g/mol. The number of aryl methyl sites for hydroxylation is 8. The minimum absolute atomic E-state index is 0.691. The summed E-state index contributed by atoms with van der Waals surface area (Å²) < 4.78 is 341. The molecule has 0 bridgehead atoms. The van der Waals surface area contributed by atoms with Crippen LogP contribution in [0.1, 0.15) is 134 Å². The topological polar surface area (TPSA) is 27.0 Å². The van der Waals surface area contributed by atoms with Gasteiger partial charge in [0, 0.05) is 36.4 Å². The van der Waals surface area contributed by atoms with Gasteiger partial charge in [0.15, 0.2) is 11.4 Å². The highest BCUT2D eigenvalue weighted by Gasteiger charge is 2.47. The van der Waals surface area contributed by atoms with Gasteiger partial charge in [0.25, 0.3) is 0 Å². The van der Waals surface area contributed by atoms with Gasteiger partial charge in [0.2, 0.25) is 0 Å². The van der Waals surface area contributed by atoms with Crippen molar-refractivity contribution < 1.29 is 110 Å². The van der Waals surface area contributed by atoms with Gasteiger partial charge in [-0.2, -0.15) is 127 Å². The van der Waals surface area contributed by atoms with Gasteiger partial charge in [0.1, 0.15) is 6.15 Å². The maximum Gasteiger partial charge on any atom is 0.416 e. The molecule has 10 aromatic rings. The standard InChI is InChI=1S/C32H12BF24.2C23H25N/c34-25(35,36)13-1-14(26(37,38)39)6-21(5-13)33(22-7-15(27(40,41)42)2-16(8-22)28(43,44)45,23-9-17(29(46,47)48)3-18(10-23)30(49,50)51)24-11-19(31(52,53)54)4-20(12-24)32(55,56)57;2*1-16-8-17(2)11-20(10-16)14-22-6-5-7-23(24-22)15-21-12-18(3)9-19(4)13-21/h1-12H;2*5-13H,14-15H2,1-4H3/q-1;;/p+1. The lowest BCUT2D eigenvalue weighted by atomic mass is 9.12. The molecule has 0 aliphatic heterocycles. The molecule has 556 valence electrons. The van der Waals surface area contributed by atoms with E-state index in [4.69, 9.17) is 4.98 Å². The first kappa shape index (κ1) is 81.1. The van der Waals surface area contributed by atoms with E-state index < -0.39 is 195 Å². The second-order valence-corrected chi connectivity index (χ2v) is 26.2. The van der Waals surface area contributed by atoms with E-state index in [1.165, 1.54) is 78.1 Å². The van der Waals surface area contributed by atoms with E-state index in [-0.39, 0.29) is 0 Å². The van der Waals surface area contributed by atoms with Gasteiger partial charge < -0.3 is 0 Å². The molecule has 0 aliphatic carbocycles. The first-order valence-electron chi connectivity index (χ1n) is 31.8. The quantitative estimate of drug-likeness (QED) is 0.0885. The van der Waals surface area contributed by atoms with Crippen molar-refractivity contribution in [2.75, 3.05) is 0 Å². The summed E-state index contributed by atoms with van der Waals surface area (Å²) in [6.07, 6.45) is -51.1. The highest BCUT2D eigenvalue weighted by molar-refractivity contribution is 7.20. The second-order valence-electron chi connectivity index (χ2n) is 26.2. The number of aromatic amines is 1. The number of rotatable bonds is 12. The number of H-pyrrole nitrogens is 1. The van der Waals surface area contributed by atoms with Crippen LogP contribution in [0.25, 0.3) is 0 Å². The maximum absolute atomic E-state index is 14.2. The Labute approximate surface area is 587 Å².